The van der Waals surface area contributed by atoms with E-state index in [4.69, 9.17) is 5.73 Å². The number of nitrogens with zero attached hydrogens (tertiary/aromatic N) is 1. The van der Waals surface area contributed by atoms with Gasteiger partial charge in [0.2, 0.25) is 0 Å². The first-order valence-corrected chi connectivity index (χ1v) is 3.45. The molecule has 0 fully saturated rings. The molecular formula is C7H13N3. The lowest BCUT2D eigenvalue weighted by Crippen LogP contribution is -2.16. The van der Waals surface area contributed by atoms with Gasteiger partial charge in [-0.15, -0.1) is 0 Å². The zero-order chi connectivity index (χ0) is 7.56. The van der Waals surface area contributed by atoms with Crippen LogP contribution in [0.4, 0.5) is 0 Å². The van der Waals surface area contributed by atoms with Crippen LogP contribution in [-0.4, -0.2) is 9.97 Å². The van der Waals surface area contributed by atoms with Gasteiger partial charge in [0, 0.05) is 12.2 Å². The van der Waals surface area contributed by atoms with E-state index in [1.807, 2.05) is 0 Å². The molecule has 56 valence electrons. The first-order chi connectivity index (χ1) is 4.72. The SMILES string of the molecule is CC(C)[C@H](N)c1cnc[nH]1. The monoisotopic (exact) mass is 139 g/mol. The van der Waals surface area contributed by atoms with Gasteiger partial charge in [-0.1, -0.05) is 13.8 Å². The molecule has 0 aliphatic heterocycles. The molecule has 0 spiro atoms. The lowest BCUT2D eigenvalue weighted by molar-refractivity contribution is 0.505. The summed E-state index contributed by atoms with van der Waals surface area (Å²) in [6.07, 6.45) is 3.42. The number of aromatic nitrogens is 2. The molecule has 1 aromatic rings. The first kappa shape index (κ1) is 7.28. The van der Waals surface area contributed by atoms with E-state index in [1.165, 1.54) is 0 Å². The van der Waals surface area contributed by atoms with Crippen molar-refractivity contribution in [2.75, 3.05) is 0 Å². The van der Waals surface area contributed by atoms with E-state index in [-0.39, 0.29) is 6.04 Å². The van der Waals surface area contributed by atoms with E-state index in [1.54, 1.807) is 12.5 Å². The van der Waals surface area contributed by atoms with Gasteiger partial charge in [-0.2, -0.15) is 0 Å². The minimum absolute atomic E-state index is 0.0856. The molecule has 3 N–H and O–H groups in total. The maximum atomic E-state index is 5.81. The molecule has 0 saturated heterocycles. The van der Waals surface area contributed by atoms with Gasteiger partial charge in [0.25, 0.3) is 0 Å². The number of hydrogen-bond acceptors (Lipinski definition) is 2. The minimum atomic E-state index is 0.0856. The number of nitrogens with one attached hydrogen (secondary N) is 1. The molecule has 1 rings (SSSR count). The normalized spacial score (nSPS) is 14.0. The maximum absolute atomic E-state index is 5.81. The third-order valence-electron chi connectivity index (χ3n) is 1.60. The Morgan fingerprint density at radius 1 is 1.60 bits per heavy atom. The molecule has 0 unspecified atom stereocenters. The molecule has 0 aliphatic carbocycles. The highest BCUT2D eigenvalue weighted by molar-refractivity contribution is 5.01. The zero-order valence-electron chi connectivity index (χ0n) is 6.33. The van der Waals surface area contributed by atoms with Crippen molar-refractivity contribution in [1.29, 1.82) is 0 Å². The molecule has 0 aromatic carbocycles. The molecule has 0 aliphatic rings. The lowest BCUT2D eigenvalue weighted by atomic mass is 10.0. The summed E-state index contributed by atoms with van der Waals surface area (Å²) in [6, 6.07) is 0.0856. The van der Waals surface area contributed by atoms with Crippen LogP contribution in [0.25, 0.3) is 0 Å². The van der Waals surface area contributed by atoms with Crippen LogP contribution < -0.4 is 5.73 Å². The minimum Gasteiger partial charge on any atom is -0.347 e. The van der Waals surface area contributed by atoms with Crippen molar-refractivity contribution in [2.24, 2.45) is 11.7 Å². The van der Waals surface area contributed by atoms with Crippen molar-refractivity contribution in [3.8, 4) is 0 Å². The van der Waals surface area contributed by atoms with E-state index in [0.29, 0.717) is 5.92 Å². The second-order valence-corrected chi connectivity index (χ2v) is 2.78. The van der Waals surface area contributed by atoms with Gasteiger partial charge < -0.3 is 10.7 Å². The average molecular weight is 139 g/mol. The Morgan fingerprint density at radius 3 is 2.70 bits per heavy atom. The predicted octanol–water partition coefficient (Wildman–Crippen LogP) is 1.07. The zero-order valence-corrected chi connectivity index (χ0v) is 6.33. The highest BCUT2D eigenvalue weighted by Crippen LogP contribution is 2.14. The number of rotatable bonds is 2. The number of nitrogens with two attached hydrogens (primary N) is 1. The summed E-state index contributed by atoms with van der Waals surface area (Å²) in [5.41, 5.74) is 6.82. The van der Waals surface area contributed by atoms with Gasteiger partial charge in [-0.25, -0.2) is 4.98 Å². The molecular weight excluding hydrogens is 126 g/mol. The van der Waals surface area contributed by atoms with Crippen LogP contribution in [-0.2, 0) is 0 Å². The average Bonchev–Trinajstić information content (AvgIpc) is 2.36. The third-order valence-corrected chi connectivity index (χ3v) is 1.60. The Bertz CT molecular complexity index is 179. The van der Waals surface area contributed by atoms with Crippen LogP contribution in [0.15, 0.2) is 12.5 Å². The summed E-state index contributed by atoms with van der Waals surface area (Å²) in [5.74, 6) is 0.459. The summed E-state index contributed by atoms with van der Waals surface area (Å²) in [5, 5.41) is 0. The Hall–Kier alpha value is -0.830. The van der Waals surface area contributed by atoms with Gasteiger partial charge in [0.15, 0.2) is 0 Å². The van der Waals surface area contributed by atoms with E-state index in [0.717, 1.165) is 5.69 Å². The summed E-state index contributed by atoms with van der Waals surface area (Å²) in [7, 11) is 0. The Morgan fingerprint density at radius 2 is 2.30 bits per heavy atom. The predicted molar refractivity (Wildman–Crippen MR) is 40.4 cm³/mol. The summed E-state index contributed by atoms with van der Waals surface area (Å²) in [4.78, 5) is 6.87. The molecule has 0 saturated carbocycles. The van der Waals surface area contributed by atoms with Gasteiger partial charge in [0.1, 0.15) is 0 Å². The van der Waals surface area contributed by atoms with Crippen molar-refractivity contribution in [2.45, 2.75) is 19.9 Å². The van der Waals surface area contributed by atoms with Crippen LogP contribution in [0.3, 0.4) is 0 Å². The van der Waals surface area contributed by atoms with Gasteiger partial charge >= 0.3 is 0 Å². The lowest BCUT2D eigenvalue weighted by Gasteiger charge is -2.12. The van der Waals surface area contributed by atoms with Crippen molar-refractivity contribution in [3.63, 3.8) is 0 Å². The topological polar surface area (TPSA) is 54.7 Å². The molecule has 1 heterocycles. The first-order valence-electron chi connectivity index (χ1n) is 3.45. The van der Waals surface area contributed by atoms with Crippen LogP contribution in [0.5, 0.6) is 0 Å². The van der Waals surface area contributed by atoms with Crippen LogP contribution >= 0.6 is 0 Å². The Balaban J connectivity index is 2.68. The molecule has 1 aromatic heterocycles. The van der Waals surface area contributed by atoms with Gasteiger partial charge in [0.05, 0.1) is 12.0 Å². The highest BCUT2D eigenvalue weighted by Gasteiger charge is 2.10. The second-order valence-electron chi connectivity index (χ2n) is 2.78. The number of hydrogen-bond donors (Lipinski definition) is 2. The highest BCUT2D eigenvalue weighted by atomic mass is 14.9. The molecule has 3 nitrogen and oxygen atoms in total. The summed E-state index contributed by atoms with van der Waals surface area (Å²) >= 11 is 0. The number of aromatic amines is 1. The molecule has 0 amide bonds. The molecule has 1 atom stereocenters. The molecule has 0 radical (unpaired) electrons. The summed E-state index contributed by atoms with van der Waals surface area (Å²) < 4.78 is 0. The van der Waals surface area contributed by atoms with Gasteiger partial charge in [-0.05, 0) is 5.92 Å². The fourth-order valence-corrected chi connectivity index (χ4v) is 0.808. The second kappa shape index (κ2) is 2.84. The summed E-state index contributed by atoms with van der Waals surface area (Å²) in [6.45, 7) is 4.18. The fourth-order valence-electron chi connectivity index (χ4n) is 0.808. The Kier molecular flexibility index (Phi) is 2.06. The standard InChI is InChI=1S/C7H13N3/c1-5(2)7(8)6-3-9-4-10-6/h3-5,7H,8H2,1-2H3,(H,9,10)/t7-/m0/s1. The van der Waals surface area contributed by atoms with Crippen molar-refractivity contribution >= 4 is 0 Å². The van der Waals surface area contributed by atoms with Crippen molar-refractivity contribution < 1.29 is 0 Å². The number of imidazole rings is 1. The van der Waals surface area contributed by atoms with Crippen molar-refractivity contribution in [3.05, 3.63) is 18.2 Å². The Labute approximate surface area is 60.7 Å². The smallest absolute Gasteiger partial charge is 0.0922 e. The quantitative estimate of drug-likeness (QED) is 0.643. The van der Waals surface area contributed by atoms with Gasteiger partial charge in [-0.3, -0.25) is 0 Å². The largest absolute Gasteiger partial charge is 0.347 e. The fraction of sp³-hybridized carbons (Fsp3) is 0.571. The van der Waals surface area contributed by atoms with Crippen LogP contribution in [0, 0.1) is 5.92 Å². The maximum Gasteiger partial charge on any atom is 0.0922 e. The number of H-pyrrole nitrogens is 1. The molecule has 10 heavy (non-hydrogen) atoms. The molecule has 3 heteroatoms. The van der Waals surface area contributed by atoms with E-state index >= 15 is 0 Å². The van der Waals surface area contributed by atoms with Crippen molar-refractivity contribution in [1.82, 2.24) is 9.97 Å². The third kappa shape index (κ3) is 1.36. The van der Waals surface area contributed by atoms with E-state index in [2.05, 4.69) is 23.8 Å². The van der Waals surface area contributed by atoms with E-state index < -0.39 is 0 Å². The van der Waals surface area contributed by atoms with Crippen LogP contribution in [0.2, 0.25) is 0 Å². The van der Waals surface area contributed by atoms with E-state index in [9.17, 15) is 0 Å². The van der Waals surface area contributed by atoms with Crippen LogP contribution in [0.1, 0.15) is 25.6 Å². The molecule has 0 bridgehead atoms.